The lowest BCUT2D eigenvalue weighted by Crippen LogP contribution is -2.42. The van der Waals surface area contributed by atoms with Crippen molar-refractivity contribution in [2.45, 2.75) is 26.7 Å². The van der Waals surface area contributed by atoms with E-state index in [0.29, 0.717) is 17.3 Å². The zero-order valence-corrected chi connectivity index (χ0v) is 13.0. The summed E-state index contributed by atoms with van der Waals surface area (Å²) in [6.07, 6.45) is 0.773. The summed E-state index contributed by atoms with van der Waals surface area (Å²) in [7, 11) is 0. The van der Waals surface area contributed by atoms with Gasteiger partial charge in [-0.3, -0.25) is 9.59 Å². The topological polar surface area (TPSA) is 66.4 Å². The molecule has 0 bridgehead atoms. The molecule has 0 aliphatic heterocycles. The summed E-state index contributed by atoms with van der Waals surface area (Å²) >= 11 is 3.11. The Bertz CT molecular complexity index is 495. The van der Waals surface area contributed by atoms with Gasteiger partial charge in [-0.25, -0.2) is 4.39 Å². The highest BCUT2D eigenvalue weighted by atomic mass is 79.9. The summed E-state index contributed by atoms with van der Waals surface area (Å²) in [5, 5.41) is 11.8. The summed E-state index contributed by atoms with van der Waals surface area (Å²) in [4.78, 5) is 23.3. The van der Waals surface area contributed by atoms with Crippen LogP contribution in [-0.4, -0.2) is 23.5 Å². The largest absolute Gasteiger partial charge is 0.481 e. The first-order chi connectivity index (χ1) is 9.38. The second-order valence-corrected chi connectivity index (χ2v) is 5.43. The SMILES string of the molecule is CCC(CC)(CNC(=O)c1c(F)cccc1Br)C(=O)O. The maximum absolute atomic E-state index is 13.6. The second-order valence-electron chi connectivity index (χ2n) is 4.57. The van der Waals surface area contributed by atoms with Crippen molar-refractivity contribution >= 4 is 27.8 Å². The number of carboxylic acids is 1. The molecule has 0 aliphatic rings. The Hall–Kier alpha value is -1.43. The highest BCUT2D eigenvalue weighted by molar-refractivity contribution is 9.10. The molecule has 0 fully saturated rings. The molecular weight excluding hydrogens is 329 g/mol. The van der Waals surface area contributed by atoms with Crippen LogP contribution < -0.4 is 5.32 Å². The Morgan fingerprint density at radius 1 is 1.35 bits per heavy atom. The molecule has 0 aromatic heterocycles. The van der Waals surface area contributed by atoms with Gasteiger partial charge in [-0.1, -0.05) is 19.9 Å². The average molecular weight is 346 g/mol. The number of carboxylic acid groups (broad SMARTS) is 1. The van der Waals surface area contributed by atoms with Crippen LogP contribution >= 0.6 is 15.9 Å². The molecular formula is C14H17BrFNO3. The van der Waals surface area contributed by atoms with Crippen LogP contribution in [0.5, 0.6) is 0 Å². The predicted octanol–water partition coefficient (Wildman–Crippen LogP) is 3.21. The standard InChI is InChI=1S/C14H17BrFNO3/c1-3-14(4-2,13(19)20)8-17-12(18)11-9(15)6-5-7-10(11)16/h5-7H,3-4,8H2,1-2H3,(H,17,18)(H,19,20). The molecule has 0 spiro atoms. The average Bonchev–Trinajstić information content (AvgIpc) is 2.40. The zero-order chi connectivity index (χ0) is 15.3. The fraction of sp³-hybridized carbons (Fsp3) is 0.429. The number of aliphatic carboxylic acids is 1. The van der Waals surface area contributed by atoms with Crippen LogP contribution in [0.1, 0.15) is 37.0 Å². The number of hydrogen-bond acceptors (Lipinski definition) is 2. The van der Waals surface area contributed by atoms with Crippen LogP contribution in [0.15, 0.2) is 22.7 Å². The molecule has 1 aromatic rings. The number of amides is 1. The van der Waals surface area contributed by atoms with Gasteiger partial charge in [-0.05, 0) is 40.9 Å². The first kappa shape index (κ1) is 16.6. The Morgan fingerprint density at radius 2 is 1.95 bits per heavy atom. The summed E-state index contributed by atoms with van der Waals surface area (Å²) < 4.78 is 14.0. The first-order valence-electron chi connectivity index (χ1n) is 6.33. The van der Waals surface area contributed by atoms with Crippen molar-refractivity contribution in [3.8, 4) is 0 Å². The number of halogens is 2. The van der Waals surface area contributed by atoms with Crippen molar-refractivity contribution in [1.82, 2.24) is 5.32 Å². The lowest BCUT2D eigenvalue weighted by molar-refractivity contribution is -0.149. The molecule has 0 atom stereocenters. The van der Waals surface area contributed by atoms with Crippen LogP contribution in [0.4, 0.5) is 4.39 Å². The van der Waals surface area contributed by atoms with E-state index in [1.165, 1.54) is 12.1 Å². The number of nitrogens with one attached hydrogen (secondary N) is 1. The van der Waals surface area contributed by atoms with Crippen molar-refractivity contribution in [2.75, 3.05) is 6.54 Å². The van der Waals surface area contributed by atoms with E-state index < -0.39 is 23.1 Å². The number of hydrogen-bond donors (Lipinski definition) is 2. The minimum atomic E-state index is -1.02. The molecule has 1 amide bonds. The molecule has 1 aromatic carbocycles. The van der Waals surface area contributed by atoms with Crippen LogP contribution in [0.25, 0.3) is 0 Å². The van der Waals surface area contributed by atoms with E-state index >= 15 is 0 Å². The van der Waals surface area contributed by atoms with E-state index in [-0.39, 0.29) is 12.1 Å². The number of rotatable bonds is 6. The third-order valence-corrected chi connectivity index (χ3v) is 4.25. The van der Waals surface area contributed by atoms with Gasteiger partial charge >= 0.3 is 5.97 Å². The highest BCUT2D eigenvalue weighted by Crippen LogP contribution is 2.26. The van der Waals surface area contributed by atoms with E-state index in [9.17, 15) is 19.1 Å². The number of benzene rings is 1. The molecule has 110 valence electrons. The minimum absolute atomic E-state index is 0.0328. The monoisotopic (exact) mass is 345 g/mol. The van der Waals surface area contributed by atoms with Gasteiger partial charge in [0.25, 0.3) is 5.91 Å². The fourth-order valence-corrected chi connectivity index (χ4v) is 2.45. The molecule has 0 radical (unpaired) electrons. The normalized spacial score (nSPS) is 11.2. The van der Waals surface area contributed by atoms with Gasteiger partial charge in [0.05, 0.1) is 11.0 Å². The Morgan fingerprint density at radius 3 is 2.40 bits per heavy atom. The molecule has 20 heavy (non-hydrogen) atoms. The summed E-state index contributed by atoms with van der Waals surface area (Å²) in [5.41, 5.74) is -1.13. The van der Waals surface area contributed by atoms with E-state index in [1.54, 1.807) is 19.9 Å². The van der Waals surface area contributed by atoms with Crippen molar-refractivity contribution in [1.29, 1.82) is 0 Å². The Kier molecular flexibility index (Phi) is 5.68. The number of carbonyl (C=O) groups is 2. The van der Waals surface area contributed by atoms with E-state index in [4.69, 9.17) is 0 Å². The highest BCUT2D eigenvalue weighted by Gasteiger charge is 2.35. The maximum atomic E-state index is 13.6. The quantitative estimate of drug-likeness (QED) is 0.831. The Balaban J connectivity index is 2.89. The van der Waals surface area contributed by atoms with Crippen LogP contribution in [0.3, 0.4) is 0 Å². The van der Waals surface area contributed by atoms with Crippen LogP contribution in [0, 0.1) is 11.2 Å². The van der Waals surface area contributed by atoms with Crippen LogP contribution in [-0.2, 0) is 4.79 Å². The molecule has 0 saturated heterocycles. The van der Waals surface area contributed by atoms with Gasteiger partial charge in [-0.2, -0.15) is 0 Å². The molecule has 6 heteroatoms. The van der Waals surface area contributed by atoms with Crippen molar-refractivity contribution < 1.29 is 19.1 Å². The van der Waals surface area contributed by atoms with Crippen LogP contribution in [0.2, 0.25) is 0 Å². The molecule has 2 N–H and O–H groups in total. The van der Waals surface area contributed by atoms with E-state index in [1.807, 2.05) is 0 Å². The van der Waals surface area contributed by atoms with E-state index in [0.717, 1.165) is 0 Å². The molecule has 4 nitrogen and oxygen atoms in total. The van der Waals surface area contributed by atoms with Crippen molar-refractivity contribution in [3.63, 3.8) is 0 Å². The molecule has 0 saturated carbocycles. The Labute approximate surface area is 125 Å². The first-order valence-corrected chi connectivity index (χ1v) is 7.13. The lowest BCUT2D eigenvalue weighted by atomic mass is 9.82. The van der Waals surface area contributed by atoms with Crippen molar-refractivity contribution in [3.05, 3.63) is 34.1 Å². The second kappa shape index (κ2) is 6.83. The summed E-state index contributed by atoms with van der Waals surface area (Å²) in [5.74, 6) is -2.23. The van der Waals surface area contributed by atoms with Gasteiger partial charge in [0.1, 0.15) is 5.82 Å². The molecule has 1 rings (SSSR count). The van der Waals surface area contributed by atoms with Gasteiger partial charge in [0.2, 0.25) is 0 Å². The molecule has 0 heterocycles. The predicted molar refractivity (Wildman–Crippen MR) is 77.1 cm³/mol. The van der Waals surface area contributed by atoms with Gasteiger partial charge in [-0.15, -0.1) is 0 Å². The van der Waals surface area contributed by atoms with Gasteiger partial charge < -0.3 is 10.4 Å². The lowest BCUT2D eigenvalue weighted by Gasteiger charge is -2.26. The van der Waals surface area contributed by atoms with Crippen molar-refractivity contribution in [2.24, 2.45) is 5.41 Å². The van der Waals surface area contributed by atoms with Gasteiger partial charge in [0.15, 0.2) is 0 Å². The molecule has 0 unspecified atom stereocenters. The zero-order valence-electron chi connectivity index (χ0n) is 11.4. The molecule has 0 aliphatic carbocycles. The smallest absolute Gasteiger partial charge is 0.311 e. The van der Waals surface area contributed by atoms with Gasteiger partial charge in [0, 0.05) is 11.0 Å². The third kappa shape index (κ3) is 3.36. The van der Waals surface area contributed by atoms with E-state index in [2.05, 4.69) is 21.2 Å². The maximum Gasteiger partial charge on any atom is 0.311 e. The fourth-order valence-electron chi connectivity index (χ4n) is 1.93. The summed E-state index contributed by atoms with van der Waals surface area (Å²) in [6.45, 7) is 3.47. The summed E-state index contributed by atoms with van der Waals surface area (Å²) in [6, 6.07) is 4.22. The third-order valence-electron chi connectivity index (χ3n) is 3.58. The number of carbonyl (C=O) groups excluding carboxylic acids is 1. The minimum Gasteiger partial charge on any atom is -0.481 e.